The van der Waals surface area contributed by atoms with Gasteiger partial charge in [0.05, 0.1) is 0 Å². The van der Waals surface area contributed by atoms with E-state index in [0.717, 1.165) is 0 Å². The molecule has 14 heavy (non-hydrogen) atoms. The summed E-state index contributed by atoms with van der Waals surface area (Å²) < 4.78 is 14.3. The molecule has 1 aliphatic rings. The Hall–Kier alpha value is 0.0743. The normalized spacial score (nSPS) is 13.3. The number of rotatable bonds is 4. The van der Waals surface area contributed by atoms with Gasteiger partial charge in [0, 0.05) is 0 Å². The van der Waals surface area contributed by atoms with Gasteiger partial charge in [0.2, 0.25) is 0 Å². The molecule has 0 radical (unpaired) electrons. The van der Waals surface area contributed by atoms with Crippen molar-refractivity contribution in [1.29, 1.82) is 0 Å². The molecule has 3 nitrogen and oxygen atoms in total. The average Bonchev–Trinajstić information content (AvgIpc) is 2.74. The summed E-state index contributed by atoms with van der Waals surface area (Å²) >= 11 is -1.90. The summed E-state index contributed by atoms with van der Waals surface area (Å²) in [4.78, 5) is 0. The van der Waals surface area contributed by atoms with Crippen LogP contribution in [0.4, 0.5) is 0 Å². The van der Waals surface area contributed by atoms with Crippen molar-refractivity contribution < 1.29 is 29.0 Å². The Morgan fingerprint density at radius 2 is 1.79 bits per heavy atom. The van der Waals surface area contributed by atoms with Crippen LogP contribution in [-0.4, -0.2) is 21.3 Å². The second kappa shape index (κ2) is 9.62. The molecule has 0 aromatic rings. The zero-order valence-corrected chi connectivity index (χ0v) is 10.9. The van der Waals surface area contributed by atoms with E-state index >= 15 is 0 Å². The molecule has 0 aromatic carbocycles. The first-order valence-electron chi connectivity index (χ1n) is 4.61. The molecule has 1 aliphatic carbocycles. The Morgan fingerprint density at radius 1 is 1.21 bits per heavy atom. The zero-order valence-electron chi connectivity index (χ0n) is 9.37. The first kappa shape index (κ1) is 14.1. The third-order valence-corrected chi connectivity index (χ3v) is 3.36. The summed E-state index contributed by atoms with van der Waals surface area (Å²) in [5.41, 5.74) is 1.56. The molecule has 81 valence electrons. The standard InChI is InChI=1S/C7H10.3CH3O.Ti/c1-2-7-5-3-4-6-7;3*1-2;/h3-5H,2,6H2,1H3;3*1H3;/q;3*-1;+3. The molecule has 0 fully saturated rings. The Balaban J connectivity index is 0.000000241. The van der Waals surface area contributed by atoms with E-state index in [0.29, 0.717) is 0 Å². The zero-order chi connectivity index (χ0) is 10.8. The van der Waals surface area contributed by atoms with Crippen molar-refractivity contribution in [3.8, 4) is 0 Å². The minimum atomic E-state index is -1.90. The molecule has 0 heterocycles. The molecule has 0 saturated heterocycles. The summed E-state index contributed by atoms with van der Waals surface area (Å²) in [5, 5.41) is 0. The van der Waals surface area contributed by atoms with Crippen molar-refractivity contribution in [2.45, 2.75) is 19.8 Å². The Bertz CT molecular complexity index is 180. The molecule has 0 saturated carbocycles. The molecule has 0 spiro atoms. The fourth-order valence-corrected chi connectivity index (χ4v) is 1.78. The summed E-state index contributed by atoms with van der Waals surface area (Å²) in [7, 11) is 4.76. The van der Waals surface area contributed by atoms with E-state index in [4.69, 9.17) is 9.96 Å². The van der Waals surface area contributed by atoms with Crippen LogP contribution in [0.2, 0.25) is 0 Å². The molecule has 1 rings (SSSR count). The van der Waals surface area contributed by atoms with Gasteiger partial charge in [-0.05, 0) is 12.8 Å². The second-order valence-electron chi connectivity index (χ2n) is 2.67. The molecular weight excluding hydrogens is 216 g/mol. The van der Waals surface area contributed by atoms with Crippen LogP contribution in [0, 0.1) is 0 Å². The van der Waals surface area contributed by atoms with Crippen molar-refractivity contribution in [1.82, 2.24) is 0 Å². The van der Waals surface area contributed by atoms with E-state index in [1.165, 1.54) is 12.8 Å². The predicted molar refractivity (Wildman–Crippen MR) is 53.2 cm³/mol. The van der Waals surface area contributed by atoms with Crippen LogP contribution in [0.15, 0.2) is 23.8 Å². The van der Waals surface area contributed by atoms with Gasteiger partial charge in [-0.15, -0.1) is 0 Å². The van der Waals surface area contributed by atoms with Crippen molar-refractivity contribution in [2.75, 3.05) is 21.3 Å². The Labute approximate surface area is 94.0 Å². The van der Waals surface area contributed by atoms with Crippen molar-refractivity contribution in [3.63, 3.8) is 0 Å². The van der Waals surface area contributed by atoms with E-state index < -0.39 is 19.0 Å². The van der Waals surface area contributed by atoms with Gasteiger partial charge in [-0.1, -0.05) is 30.7 Å². The predicted octanol–water partition coefficient (Wildman–Crippen LogP) is 2.57. The van der Waals surface area contributed by atoms with E-state index in [9.17, 15) is 0 Å². The summed E-state index contributed by atoms with van der Waals surface area (Å²) in [6.07, 6.45) is 8.92. The van der Waals surface area contributed by atoms with E-state index in [-0.39, 0.29) is 0 Å². The van der Waals surface area contributed by atoms with Crippen molar-refractivity contribution in [3.05, 3.63) is 23.8 Å². The number of allylic oxidation sites excluding steroid dienone is 4. The number of hydrogen-bond donors (Lipinski definition) is 0. The van der Waals surface area contributed by atoms with E-state index in [1.54, 1.807) is 26.9 Å². The fraction of sp³-hybridized carbons (Fsp3) is 0.600. The van der Waals surface area contributed by atoms with Gasteiger partial charge >= 0.3 is 50.3 Å². The van der Waals surface area contributed by atoms with Crippen LogP contribution in [0.1, 0.15) is 19.8 Å². The van der Waals surface area contributed by atoms with Crippen LogP contribution in [0.5, 0.6) is 0 Å². The SMILES string of the molecule is CCC1=CC=CC1.C[O][Ti]([O]C)[O]C. The molecule has 0 bridgehead atoms. The summed E-state index contributed by atoms with van der Waals surface area (Å²) in [6.45, 7) is 2.19. The summed E-state index contributed by atoms with van der Waals surface area (Å²) in [6, 6.07) is 0. The van der Waals surface area contributed by atoms with Crippen LogP contribution >= 0.6 is 0 Å². The molecule has 0 aromatic heterocycles. The van der Waals surface area contributed by atoms with Gasteiger partial charge < -0.3 is 0 Å². The first-order valence-corrected chi connectivity index (χ1v) is 6.53. The molecule has 0 amide bonds. The maximum atomic E-state index is 4.77. The third kappa shape index (κ3) is 6.52. The minimum absolute atomic E-state index is 1.19. The van der Waals surface area contributed by atoms with E-state index in [1.807, 2.05) is 0 Å². The van der Waals surface area contributed by atoms with Crippen LogP contribution in [0.25, 0.3) is 0 Å². The monoisotopic (exact) mass is 235 g/mol. The first-order chi connectivity index (χ1) is 6.78. The van der Waals surface area contributed by atoms with Gasteiger partial charge in [-0.2, -0.15) is 0 Å². The molecular formula is C10H19O3Ti. The topological polar surface area (TPSA) is 27.7 Å². The Morgan fingerprint density at radius 3 is 1.93 bits per heavy atom. The molecule has 4 heteroatoms. The van der Waals surface area contributed by atoms with E-state index in [2.05, 4.69) is 25.2 Å². The molecule has 0 unspecified atom stereocenters. The van der Waals surface area contributed by atoms with Gasteiger partial charge in [-0.25, -0.2) is 0 Å². The summed E-state index contributed by atoms with van der Waals surface area (Å²) in [5.74, 6) is 0. The molecule has 0 N–H and O–H groups in total. The van der Waals surface area contributed by atoms with Crippen molar-refractivity contribution in [2.24, 2.45) is 0 Å². The van der Waals surface area contributed by atoms with Crippen molar-refractivity contribution >= 4 is 0 Å². The molecule has 0 aliphatic heterocycles. The van der Waals surface area contributed by atoms with Gasteiger partial charge in [0.15, 0.2) is 0 Å². The van der Waals surface area contributed by atoms with Crippen LogP contribution < -0.4 is 0 Å². The molecule has 0 atom stereocenters. The van der Waals surface area contributed by atoms with Gasteiger partial charge in [-0.3, -0.25) is 0 Å². The van der Waals surface area contributed by atoms with Crippen LogP contribution in [0.3, 0.4) is 0 Å². The third-order valence-electron chi connectivity index (χ3n) is 1.80. The van der Waals surface area contributed by atoms with Gasteiger partial charge in [0.1, 0.15) is 0 Å². The van der Waals surface area contributed by atoms with Gasteiger partial charge in [0.25, 0.3) is 0 Å². The maximum absolute atomic E-state index is 4.77. The fourth-order valence-electron chi connectivity index (χ4n) is 1.00. The number of hydrogen-bond acceptors (Lipinski definition) is 3. The Kier molecular flexibility index (Phi) is 9.67. The average molecular weight is 235 g/mol. The quantitative estimate of drug-likeness (QED) is 0.701. The second-order valence-corrected chi connectivity index (χ2v) is 5.37. The van der Waals surface area contributed by atoms with Crippen LogP contribution in [-0.2, 0) is 29.0 Å².